The molecular weight excluding hydrogens is 238 g/mol. The van der Waals surface area contributed by atoms with Crippen molar-refractivity contribution in [3.63, 3.8) is 0 Å². The summed E-state index contributed by atoms with van der Waals surface area (Å²) < 4.78 is 46.0. The minimum absolute atomic E-state index is 0.0447. The molecule has 0 unspecified atom stereocenters. The van der Waals surface area contributed by atoms with Gasteiger partial charge in [-0.2, -0.15) is 0 Å². The number of hydroxylamine groups is 1. The van der Waals surface area contributed by atoms with Gasteiger partial charge in [-0.1, -0.05) is 0 Å². The predicted molar refractivity (Wildman–Crippen MR) is 47.4 cm³/mol. The van der Waals surface area contributed by atoms with E-state index >= 15 is 0 Å². The van der Waals surface area contributed by atoms with Crippen LogP contribution in [0.4, 0.5) is 8.78 Å². The van der Waals surface area contributed by atoms with Gasteiger partial charge in [-0.25, -0.2) is 22.3 Å². The third-order valence-corrected chi connectivity index (χ3v) is 3.28. The summed E-state index contributed by atoms with van der Waals surface area (Å²) in [5.41, 5.74) is 0. The zero-order valence-electron chi connectivity index (χ0n) is 6.89. The maximum Gasteiger partial charge on any atom is 0.263 e. The second-order valence-electron chi connectivity index (χ2n) is 2.41. The Kier molecular flexibility index (Phi) is 3.84. The SMILES string of the molecule is NS(=O)(=O)C1=CSN(OCC(F)F)C1. The summed E-state index contributed by atoms with van der Waals surface area (Å²) in [4.78, 5) is 4.52. The fourth-order valence-electron chi connectivity index (χ4n) is 0.692. The summed E-state index contributed by atoms with van der Waals surface area (Å²) in [5, 5.41) is 6.07. The molecule has 1 aliphatic rings. The van der Waals surface area contributed by atoms with Crippen molar-refractivity contribution in [1.82, 2.24) is 4.47 Å². The number of nitrogens with two attached hydrogens (primary N) is 1. The number of hydrogen-bond donors (Lipinski definition) is 1. The van der Waals surface area contributed by atoms with Crippen LogP contribution in [-0.4, -0.2) is 32.5 Å². The molecule has 1 heterocycles. The van der Waals surface area contributed by atoms with Gasteiger partial charge in [0.2, 0.25) is 10.0 Å². The van der Waals surface area contributed by atoms with Gasteiger partial charge in [0.1, 0.15) is 6.61 Å². The first kappa shape index (κ1) is 11.9. The maximum absolute atomic E-state index is 11.7. The Morgan fingerprint density at radius 1 is 1.71 bits per heavy atom. The quantitative estimate of drug-likeness (QED) is 0.721. The van der Waals surface area contributed by atoms with Crippen LogP contribution in [0.2, 0.25) is 0 Å². The van der Waals surface area contributed by atoms with Gasteiger partial charge in [0, 0.05) is 5.41 Å². The van der Waals surface area contributed by atoms with Gasteiger partial charge in [0.05, 0.1) is 11.4 Å². The zero-order chi connectivity index (χ0) is 10.8. The molecule has 82 valence electrons. The molecule has 2 N–H and O–H groups in total. The lowest BCUT2D eigenvalue weighted by atomic mass is 10.6. The minimum Gasteiger partial charge on any atom is -0.282 e. The lowest BCUT2D eigenvalue weighted by Crippen LogP contribution is -2.23. The van der Waals surface area contributed by atoms with Crippen LogP contribution < -0.4 is 5.14 Å². The van der Waals surface area contributed by atoms with E-state index in [1.807, 2.05) is 0 Å². The monoisotopic (exact) mass is 246 g/mol. The smallest absolute Gasteiger partial charge is 0.263 e. The van der Waals surface area contributed by atoms with Crippen LogP contribution in [0.25, 0.3) is 0 Å². The highest BCUT2D eigenvalue weighted by atomic mass is 32.2. The average Bonchev–Trinajstić information content (AvgIpc) is 2.47. The molecule has 1 aliphatic heterocycles. The molecule has 0 saturated carbocycles. The number of sulfonamides is 1. The van der Waals surface area contributed by atoms with E-state index in [-0.39, 0.29) is 11.4 Å². The van der Waals surface area contributed by atoms with E-state index in [9.17, 15) is 17.2 Å². The molecule has 0 spiro atoms. The molecule has 0 fully saturated rings. The topological polar surface area (TPSA) is 72.6 Å². The standard InChI is InChI=1S/C5H8F2N2O3S2/c6-5(7)2-12-9-1-4(3-13-9)14(8,10)11/h3,5H,1-2H2,(H2,8,10,11). The average molecular weight is 246 g/mol. The molecule has 0 atom stereocenters. The normalized spacial score (nSPS) is 19.0. The third kappa shape index (κ3) is 3.50. The largest absolute Gasteiger partial charge is 0.282 e. The molecule has 0 aromatic heterocycles. The van der Waals surface area contributed by atoms with Crippen molar-refractivity contribution in [2.24, 2.45) is 5.14 Å². The highest BCUT2D eigenvalue weighted by Crippen LogP contribution is 2.26. The molecule has 9 heteroatoms. The Hall–Kier alpha value is -0.220. The minimum atomic E-state index is -3.74. The van der Waals surface area contributed by atoms with Gasteiger partial charge in [0.25, 0.3) is 6.43 Å². The summed E-state index contributed by atoms with van der Waals surface area (Å²) in [5.74, 6) is 0. The molecule has 0 saturated heterocycles. The Morgan fingerprint density at radius 3 is 2.79 bits per heavy atom. The second kappa shape index (κ2) is 4.53. The predicted octanol–water partition coefficient (Wildman–Crippen LogP) is 0.277. The summed E-state index contributed by atoms with van der Waals surface area (Å²) in [6.45, 7) is -0.880. The van der Waals surface area contributed by atoms with Gasteiger partial charge in [0.15, 0.2) is 0 Å². The lowest BCUT2D eigenvalue weighted by Gasteiger charge is -2.12. The second-order valence-corrected chi connectivity index (χ2v) is 4.88. The molecule has 0 aromatic rings. The summed E-state index contributed by atoms with van der Waals surface area (Å²) in [6, 6.07) is 0. The van der Waals surface area contributed by atoms with Crippen LogP contribution in [0, 0.1) is 0 Å². The highest BCUT2D eigenvalue weighted by Gasteiger charge is 2.24. The summed E-state index contributed by atoms with van der Waals surface area (Å²) in [7, 11) is -3.74. The molecule has 0 bridgehead atoms. The van der Waals surface area contributed by atoms with Crippen molar-refractivity contribution >= 4 is 22.0 Å². The fraction of sp³-hybridized carbons (Fsp3) is 0.600. The van der Waals surface area contributed by atoms with E-state index in [0.717, 1.165) is 16.4 Å². The first-order valence-electron chi connectivity index (χ1n) is 3.47. The summed E-state index contributed by atoms with van der Waals surface area (Å²) >= 11 is 0.876. The van der Waals surface area contributed by atoms with Crippen molar-refractivity contribution in [3.8, 4) is 0 Å². The van der Waals surface area contributed by atoms with Crippen LogP contribution in [0.15, 0.2) is 10.3 Å². The number of halogens is 2. The van der Waals surface area contributed by atoms with Gasteiger partial charge in [-0.05, 0) is 11.9 Å². The molecule has 0 radical (unpaired) electrons. The highest BCUT2D eigenvalue weighted by molar-refractivity contribution is 8.02. The fourth-order valence-corrected chi connectivity index (χ4v) is 2.38. The van der Waals surface area contributed by atoms with E-state index < -0.39 is 23.1 Å². The van der Waals surface area contributed by atoms with Gasteiger partial charge >= 0.3 is 0 Å². The molecule has 0 amide bonds. The Morgan fingerprint density at radius 2 is 2.36 bits per heavy atom. The Labute approximate surface area is 84.0 Å². The van der Waals surface area contributed by atoms with Crippen LogP contribution >= 0.6 is 11.9 Å². The molecule has 0 aliphatic carbocycles. The number of primary sulfonamides is 1. The first-order chi connectivity index (χ1) is 6.39. The number of alkyl halides is 2. The number of rotatable bonds is 4. The molecule has 1 rings (SSSR count). The van der Waals surface area contributed by atoms with Crippen LogP contribution in [-0.2, 0) is 14.9 Å². The van der Waals surface area contributed by atoms with E-state index in [4.69, 9.17) is 5.14 Å². The Balaban J connectivity index is 2.40. The first-order valence-corrected chi connectivity index (χ1v) is 5.85. The van der Waals surface area contributed by atoms with E-state index in [2.05, 4.69) is 4.84 Å². The van der Waals surface area contributed by atoms with Crippen LogP contribution in [0.1, 0.15) is 0 Å². The van der Waals surface area contributed by atoms with Crippen LogP contribution in [0.5, 0.6) is 0 Å². The van der Waals surface area contributed by atoms with Gasteiger partial charge in [-0.3, -0.25) is 4.84 Å². The van der Waals surface area contributed by atoms with Gasteiger partial charge < -0.3 is 0 Å². The van der Waals surface area contributed by atoms with Crippen molar-refractivity contribution in [2.75, 3.05) is 13.2 Å². The van der Waals surface area contributed by atoms with E-state index in [1.165, 1.54) is 5.41 Å². The molecule has 5 nitrogen and oxygen atoms in total. The summed E-state index contributed by atoms with van der Waals surface area (Å²) in [6.07, 6.45) is -2.59. The molecule has 14 heavy (non-hydrogen) atoms. The lowest BCUT2D eigenvalue weighted by molar-refractivity contribution is -0.108. The van der Waals surface area contributed by atoms with Crippen molar-refractivity contribution < 1.29 is 22.0 Å². The van der Waals surface area contributed by atoms with E-state index in [1.54, 1.807) is 0 Å². The third-order valence-electron chi connectivity index (χ3n) is 1.30. The van der Waals surface area contributed by atoms with Crippen molar-refractivity contribution in [2.45, 2.75) is 6.43 Å². The van der Waals surface area contributed by atoms with Gasteiger partial charge in [-0.15, -0.1) is 4.47 Å². The number of hydrogen-bond acceptors (Lipinski definition) is 5. The molecule has 0 aromatic carbocycles. The van der Waals surface area contributed by atoms with E-state index in [0.29, 0.717) is 0 Å². The van der Waals surface area contributed by atoms with Crippen molar-refractivity contribution in [3.05, 3.63) is 10.3 Å². The zero-order valence-corrected chi connectivity index (χ0v) is 8.52. The van der Waals surface area contributed by atoms with Crippen LogP contribution in [0.3, 0.4) is 0 Å². The Bertz CT molecular complexity index is 330. The maximum atomic E-state index is 11.7. The number of nitrogens with zero attached hydrogens (tertiary/aromatic N) is 1. The molecular formula is C5H8F2N2O3S2. The van der Waals surface area contributed by atoms with Crippen molar-refractivity contribution in [1.29, 1.82) is 0 Å².